The zero-order chi connectivity index (χ0) is 12.4. The number of carbonyl (C=O) groups is 2. The maximum Gasteiger partial charge on any atom is 0.313 e. The van der Waals surface area contributed by atoms with Crippen LogP contribution < -0.4 is 0 Å². The van der Waals surface area contributed by atoms with Crippen molar-refractivity contribution in [2.75, 3.05) is 20.3 Å². The number of carboxylic acids is 1. The molecular formula is C11H14O6. The van der Waals surface area contributed by atoms with Crippen molar-refractivity contribution in [2.45, 2.75) is 12.2 Å². The largest absolute Gasteiger partial charge is 0.481 e. The van der Waals surface area contributed by atoms with Gasteiger partial charge in [-0.3, -0.25) is 9.59 Å². The number of aliphatic carboxylic acids is 1. The molecule has 17 heavy (non-hydrogen) atoms. The van der Waals surface area contributed by atoms with Crippen LogP contribution in [0.3, 0.4) is 0 Å². The summed E-state index contributed by atoms with van der Waals surface area (Å²) >= 11 is 0. The number of carbonyl (C=O) groups excluding carboxylic acids is 1. The highest BCUT2D eigenvalue weighted by molar-refractivity contribution is 5.84. The molecule has 0 spiro atoms. The number of methoxy groups -OCH3 is 1. The summed E-state index contributed by atoms with van der Waals surface area (Å²) in [5, 5.41) is 9.08. The van der Waals surface area contributed by atoms with Crippen LogP contribution in [0.2, 0.25) is 0 Å². The zero-order valence-corrected chi connectivity index (χ0v) is 9.37. The summed E-state index contributed by atoms with van der Waals surface area (Å²) in [6.07, 6.45) is 2.41. The van der Waals surface area contributed by atoms with Crippen molar-refractivity contribution in [3.63, 3.8) is 0 Å². The summed E-state index contributed by atoms with van der Waals surface area (Å²) in [7, 11) is 1.50. The maximum atomic E-state index is 11.8. The number of rotatable bonds is 5. The van der Waals surface area contributed by atoms with Gasteiger partial charge in [0.2, 0.25) is 0 Å². The summed E-state index contributed by atoms with van der Waals surface area (Å²) in [4.78, 5) is 22.9. The van der Waals surface area contributed by atoms with Crippen LogP contribution in [0.25, 0.3) is 0 Å². The Hall–Kier alpha value is -1.40. The fourth-order valence-corrected chi connectivity index (χ4v) is 2.21. The number of ether oxygens (including phenoxy) is 3. The van der Waals surface area contributed by atoms with E-state index < -0.39 is 36.0 Å². The first kappa shape index (κ1) is 12.1. The lowest BCUT2D eigenvalue weighted by atomic mass is 9.83. The van der Waals surface area contributed by atoms with E-state index in [0.29, 0.717) is 6.61 Å². The maximum absolute atomic E-state index is 11.8. The summed E-state index contributed by atoms with van der Waals surface area (Å²) in [5.41, 5.74) is 0. The Labute approximate surface area is 98.1 Å². The molecule has 6 heteroatoms. The standard InChI is InChI=1S/C11H14O6/c1-15-4-5-16-11(14)9-7-3-2-6(17-7)8(9)10(12)13/h2-3,6-9H,4-5H2,1H3,(H,12,13)/t6-,7+,8+,9-/m0/s1. The number of fused-ring (bicyclic) bond motifs is 2. The average molecular weight is 242 g/mol. The molecule has 0 amide bonds. The monoisotopic (exact) mass is 242 g/mol. The third kappa shape index (κ3) is 2.18. The molecular weight excluding hydrogens is 228 g/mol. The number of esters is 1. The van der Waals surface area contributed by atoms with E-state index in [4.69, 9.17) is 19.3 Å². The highest BCUT2D eigenvalue weighted by atomic mass is 16.6. The normalized spacial score (nSPS) is 33.9. The first-order chi connectivity index (χ1) is 8.15. The zero-order valence-electron chi connectivity index (χ0n) is 9.37. The van der Waals surface area contributed by atoms with E-state index in [1.807, 2.05) is 0 Å². The van der Waals surface area contributed by atoms with E-state index in [0.717, 1.165) is 0 Å². The van der Waals surface area contributed by atoms with Crippen LogP contribution in [-0.2, 0) is 23.8 Å². The molecule has 0 aromatic carbocycles. The van der Waals surface area contributed by atoms with Crippen LogP contribution in [0.15, 0.2) is 12.2 Å². The molecule has 0 aromatic heterocycles. The first-order valence-corrected chi connectivity index (χ1v) is 5.37. The molecule has 1 fully saturated rings. The Morgan fingerprint density at radius 2 is 1.88 bits per heavy atom. The van der Waals surface area contributed by atoms with Crippen molar-refractivity contribution < 1.29 is 28.9 Å². The van der Waals surface area contributed by atoms with Crippen LogP contribution in [0.1, 0.15) is 0 Å². The molecule has 2 heterocycles. The second-order valence-electron chi connectivity index (χ2n) is 4.00. The number of hydrogen-bond donors (Lipinski definition) is 1. The molecule has 0 aromatic rings. The van der Waals surface area contributed by atoms with E-state index in [1.54, 1.807) is 12.2 Å². The lowest BCUT2D eigenvalue weighted by molar-refractivity contribution is -0.157. The Bertz CT molecular complexity index is 350. The van der Waals surface area contributed by atoms with Gasteiger partial charge in [0.1, 0.15) is 18.4 Å². The van der Waals surface area contributed by atoms with Gasteiger partial charge >= 0.3 is 11.9 Å². The van der Waals surface area contributed by atoms with Crippen molar-refractivity contribution in [3.05, 3.63) is 12.2 Å². The van der Waals surface area contributed by atoms with Gasteiger partial charge in [0.05, 0.1) is 18.8 Å². The Morgan fingerprint density at radius 3 is 2.47 bits per heavy atom. The Balaban J connectivity index is 2.01. The van der Waals surface area contributed by atoms with E-state index in [1.165, 1.54) is 7.11 Å². The quantitative estimate of drug-likeness (QED) is 0.409. The van der Waals surface area contributed by atoms with Crippen molar-refractivity contribution in [1.82, 2.24) is 0 Å². The lowest BCUT2D eigenvalue weighted by Crippen LogP contribution is -2.37. The highest BCUT2D eigenvalue weighted by Crippen LogP contribution is 2.39. The molecule has 1 saturated heterocycles. The molecule has 0 unspecified atom stereocenters. The van der Waals surface area contributed by atoms with E-state index in [2.05, 4.69) is 0 Å². The van der Waals surface area contributed by atoms with Crippen molar-refractivity contribution in [3.8, 4) is 0 Å². The molecule has 0 saturated carbocycles. The fraction of sp³-hybridized carbons (Fsp3) is 0.636. The van der Waals surface area contributed by atoms with Gasteiger partial charge in [-0.25, -0.2) is 0 Å². The van der Waals surface area contributed by atoms with Gasteiger partial charge in [-0.1, -0.05) is 12.2 Å². The molecule has 0 radical (unpaired) electrons. The molecule has 4 atom stereocenters. The van der Waals surface area contributed by atoms with Gasteiger partial charge in [-0.15, -0.1) is 0 Å². The number of hydrogen-bond acceptors (Lipinski definition) is 5. The first-order valence-electron chi connectivity index (χ1n) is 5.37. The predicted octanol–water partition coefficient (Wildman–Crippen LogP) is -0.170. The van der Waals surface area contributed by atoms with Crippen LogP contribution in [0, 0.1) is 11.8 Å². The second kappa shape index (κ2) is 4.85. The number of carboxylic acid groups (broad SMARTS) is 1. The Kier molecular flexibility index (Phi) is 3.44. The molecule has 0 aliphatic carbocycles. The van der Waals surface area contributed by atoms with E-state index in [-0.39, 0.29) is 6.61 Å². The summed E-state index contributed by atoms with van der Waals surface area (Å²) in [6.45, 7) is 0.417. The van der Waals surface area contributed by atoms with Crippen LogP contribution >= 0.6 is 0 Å². The van der Waals surface area contributed by atoms with Gasteiger partial charge in [0.15, 0.2) is 0 Å². The third-order valence-electron chi connectivity index (χ3n) is 2.99. The molecule has 2 rings (SSSR count). The summed E-state index contributed by atoms with van der Waals surface area (Å²) < 4.78 is 15.1. The van der Waals surface area contributed by atoms with Crippen molar-refractivity contribution >= 4 is 11.9 Å². The minimum absolute atomic E-state index is 0.124. The summed E-state index contributed by atoms with van der Waals surface area (Å²) in [6, 6.07) is 0. The molecule has 2 aliphatic heterocycles. The summed E-state index contributed by atoms with van der Waals surface area (Å²) in [5.74, 6) is -3.17. The molecule has 2 aliphatic rings. The topological polar surface area (TPSA) is 82.1 Å². The van der Waals surface area contributed by atoms with Crippen molar-refractivity contribution in [2.24, 2.45) is 11.8 Å². The minimum atomic E-state index is -1.03. The lowest BCUT2D eigenvalue weighted by Gasteiger charge is -2.19. The fourth-order valence-electron chi connectivity index (χ4n) is 2.21. The molecule has 94 valence electrons. The van der Waals surface area contributed by atoms with Gasteiger partial charge in [-0.05, 0) is 0 Å². The Morgan fingerprint density at radius 1 is 1.24 bits per heavy atom. The predicted molar refractivity (Wildman–Crippen MR) is 55.3 cm³/mol. The highest BCUT2D eigenvalue weighted by Gasteiger charge is 2.53. The van der Waals surface area contributed by atoms with Gasteiger partial charge in [0.25, 0.3) is 0 Å². The van der Waals surface area contributed by atoms with Gasteiger partial charge < -0.3 is 19.3 Å². The van der Waals surface area contributed by atoms with Gasteiger partial charge in [0, 0.05) is 7.11 Å². The van der Waals surface area contributed by atoms with Crippen LogP contribution in [-0.4, -0.2) is 49.6 Å². The average Bonchev–Trinajstić information content (AvgIpc) is 2.88. The van der Waals surface area contributed by atoms with E-state index in [9.17, 15) is 9.59 Å². The minimum Gasteiger partial charge on any atom is -0.481 e. The van der Waals surface area contributed by atoms with Crippen LogP contribution in [0.4, 0.5) is 0 Å². The van der Waals surface area contributed by atoms with Gasteiger partial charge in [-0.2, -0.15) is 0 Å². The third-order valence-corrected chi connectivity index (χ3v) is 2.99. The molecule has 2 bridgehead atoms. The van der Waals surface area contributed by atoms with Crippen LogP contribution in [0.5, 0.6) is 0 Å². The second-order valence-corrected chi connectivity index (χ2v) is 4.00. The van der Waals surface area contributed by atoms with E-state index >= 15 is 0 Å². The van der Waals surface area contributed by atoms with Crippen molar-refractivity contribution in [1.29, 1.82) is 0 Å². The molecule has 6 nitrogen and oxygen atoms in total. The smallest absolute Gasteiger partial charge is 0.313 e. The molecule has 1 N–H and O–H groups in total. The SMILES string of the molecule is COCCOC(=O)[C@@H]1[C@H](C(=O)O)[C@@H]2C=C[C@H]1O2.